The fourth-order valence-electron chi connectivity index (χ4n) is 4.47. The maximum atomic E-state index is 15.3. The third kappa shape index (κ3) is 3.19. The lowest BCUT2D eigenvalue weighted by Crippen LogP contribution is -2.30. The highest BCUT2D eigenvalue weighted by Crippen LogP contribution is 2.31. The highest BCUT2D eigenvalue weighted by Gasteiger charge is 2.26. The van der Waals surface area contributed by atoms with E-state index in [4.69, 9.17) is 5.26 Å². The Balaban J connectivity index is 1.58. The van der Waals surface area contributed by atoms with Crippen molar-refractivity contribution < 1.29 is 8.78 Å². The lowest BCUT2D eigenvalue weighted by molar-refractivity contribution is 0.440. The Labute approximate surface area is 176 Å². The van der Waals surface area contributed by atoms with Crippen LogP contribution in [0.3, 0.4) is 0 Å². The number of nitrogens with zero attached hydrogens (tertiary/aromatic N) is 5. The monoisotopic (exact) mass is 417 g/mol. The second-order valence-corrected chi connectivity index (χ2v) is 8.10. The van der Waals surface area contributed by atoms with E-state index in [1.165, 1.54) is 22.9 Å². The molecule has 0 radical (unpaired) electrons. The van der Waals surface area contributed by atoms with Gasteiger partial charge in [0.15, 0.2) is 17.3 Å². The van der Waals surface area contributed by atoms with E-state index in [0.717, 1.165) is 25.5 Å². The normalized spacial score (nSPS) is 15.0. The molecule has 0 atom stereocenters. The zero-order valence-electron chi connectivity index (χ0n) is 16.8. The molecule has 4 heterocycles. The van der Waals surface area contributed by atoms with Crippen molar-refractivity contribution in [3.63, 3.8) is 0 Å². The standard InChI is InChI=1S/C22H18BF2N5O/c1-13-9-29-10-14(8-18(24)21(29)28-13)16-2-3-17-20(19(16)25)27-12-30(22(17)31)15-4-6-23(11-26)7-5-15/h2-3,8-10,12,15H,4-7H2,1H3. The summed E-state index contributed by atoms with van der Waals surface area (Å²) in [6.07, 6.45) is 7.57. The van der Waals surface area contributed by atoms with E-state index >= 15 is 4.39 Å². The molecule has 0 saturated carbocycles. The molecule has 3 aromatic heterocycles. The fourth-order valence-corrected chi connectivity index (χ4v) is 4.47. The minimum absolute atomic E-state index is 0.0254. The van der Waals surface area contributed by atoms with Crippen molar-refractivity contribution >= 4 is 23.3 Å². The summed E-state index contributed by atoms with van der Waals surface area (Å²) in [5.74, 6) is 1.07. The molecule has 154 valence electrons. The molecule has 31 heavy (non-hydrogen) atoms. The third-order valence-corrected chi connectivity index (χ3v) is 6.10. The predicted molar refractivity (Wildman–Crippen MR) is 114 cm³/mol. The second kappa shape index (κ2) is 7.31. The first-order chi connectivity index (χ1) is 15.0. The molecule has 0 unspecified atom stereocenters. The Morgan fingerprint density at radius 1 is 1.23 bits per heavy atom. The van der Waals surface area contributed by atoms with Gasteiger partial charge in [-0.1, -0.05) is 18.7 Å². The van der Waals surface area contributed by atoms with E-state index in [9.17, 15) is 9.18 Å². The zero-order chi connectivity index (χ0) is 21.7. The number of hydrogen-bond acceptors (Lipinski definition) is 4. The van der Waals surface area contributed by atoms with Gasteiger partial charge in [-0.2, -0.15) is 0 Å². The quantitative estimate of drug-likeness (QED) is 0.459. The SMILES string of the molecule is Cc1cn2cc(-c3ccc4c(=O)n(C5CCB(C#N)CC5)cnc4c3F)cc(F)c2n1. The van der Waals surface area contributed by atoms with Gasteiger partial charge in [0.05, 0.1) is 17.4 Å². The molecule has 6 nitrogen and oxygen atoms in total. The van der Waals surface area contributed by atoms with E-state index in [0.29, 0.717) is 11.3 Å². The van der Waals surface area contributed by atoms with Gasteiger partial charge in [0.25, 0.3) is 12.3 Å². The summed E-state index contributed by atoms with van der Waals surface area (Å²) in [7, 11) is 0. The molecule has 5 rings (SSSR count). The van der Waals surface area contributed by atoms with Crippen LogP contribution in [0.25, 0.3) is 27.7 Å². The highest BCUT2D eigenvalue weighted by atomic mass is 19.1. The number of fused-ring (bicyclic) bond motifs is 2. The van der Waals surface area contributed by atoms with Crippen LogP contribution >= 0.6 is 0 Å². The molecule has 1 aliphatic rings. The minimum Gasteiger partial charge on any atom is -0.304 e. The van der Waals surface area contributed by atoms with Crippen molar-refractivity contribution in [2.24, 2.45) is 0 Å². The molecule has 0 aliphatic carbocycles. The molecule has 1 fully saturated rings. The lowest BCUT2D eigenvalue weighted by Gasteiger charge is -2.25. The van der Waals surface area contributed by atoms with Gasteiger partial charge in [-0.3, -0.25) is 9.36 Å². The Bertz CT molecular complexity index is 1430. The Morgan fingerprint density at radius 2 is 2.00 bits per heavy atom. The molecule has 0 bridgehead atoms. The van der Waals surface area contributed by atoms with Crippen LogP contribution in [0.1, 0.15) is 24.6 Å². The summed E-state index contributed by atoms with van der Waals surface area (Å²) in [6, 6.07) is 4.22. The summed E-state index contributed by atoms with van der Waals surface area (Å²) in [4.78, 5) is 21.4. The Hall–Kier alpha value is -3.54. The molecule has 1 aliphatic heterocycles. The molecule has 1 saturated heterocycles. The van der Waals surface area contributed by atoms with Gasteiger partial charge < -0.3 is 4.40 Å². The highest BCUT2D eigenvalue weighted by molar-refractivity contribution is 6.67. The first kappa shape index (κ1) is 19.4. The average molecular weight is 417 g/mol. The van der Waals surface area contributed by atoms with Gasteiger partial charge in [-0.05, 0) is 31.9 Å². The lowest BCUT2D eigenvalue weighted by atomic mass is 9.42. The third-order valence-electron chi connectivity index (χ3n) is 6.10. The van der Waals surface area contributed by atoms with Crippen molar-refractivity contribution in [2.75, 3.05) is 0 Å². The maximum Gasteiger partial charge on any atom is 0.268 e. The first-order valence-electron chi connectivity index (χ1n) is 10.2. The molecule has 0 spiro atoms. The summed E-state index contributed by atoms with van der Waals surface area (Å²) in [5, 5.41) is 9.26. The van der Waals surface area contributed by atoms with Gasteiger partial charge >= 0.3 is 0 Å². The molecule has 0 amide bonds. The van der Waals surface area contributed by atoms with Crippen LogP contribution in [-0.4, -0.2) is 25.6 Å². The van der Waals surface area contributed by atoms with Crippen molar-refractivity contribution in [3.8, 4) is 17.1 Å². The van der Waals surface area contributed by atoms with Crippen molar-refractivity contribution in [1.29, 1.82) is 5.26 Å². The summed E-state index contributed by atoms with van der Waals surface area (Å²) < 4.78 is 32.9. The van der Waals surface area contributed by atoms with E-state index in [2.05, 4.69) is 15.9 Å². The number of hydrogen-bond donors (Lipinski definition) is 0. The predicted octanol–water partition coefficient (Wildman–Crippen LogP) is 4.19. The Morgan fingerprint density at radius 3 is 2.74 bits per heavy atom. The van der Waals surface area contributed by atoms with E-state index < -0.39 is 11.6 Å². The van der Waals surface area contributed by atoms with Crippen LogP contribution in [0.5, 0.6) is 0 Å². The van der Waals surface area contributed by atoms with Crippen LogP contribution in [0, 0.1) is 29.8 Å². The van der Waals surface area contributed by atoms with Crippen LogP contribution in [0.2, 0.25) is 12.6 Å². The molecular weight excluding hydrogens is 399 g/mol. The second-order valence-electron chi connectivity index (χ2n) is 8.10. The molecule has 9 heteroatoms. The topological polar surface area (TPSA) is 76.0 Å². The van der Waals surface area contributed by atoms with Gasteiger partial charge in [-0.25, -0.2) is 24.0 Å². The summed E-state index contributed by atoms with van der Waals surface area (Å²) in [5.41, 5.74) is 0.992. The number of benzene rings is 1. The fraction of sp³-hybridized carbons (Fsp3) is 0.273. The Kier molecular flexibility index (Phi) is 4.58. The van der Waals surface area contributed by atoms with Gasteiger partial charge in [0.1, 0.15) is 5.52 Å². The maximum absolute atomic E-state index is 15.3. The molecule has 1 aromatic carbocycles. The largest absolute Gasteiger partial charge is 0.304 e. The van der Waals surface area contributed by atoms with E-state index in [1.807, 2.05) is 0 Å². The van der Waals surface area contributed by atoms with Gasteiger partial charge in [0.2, 0.25) is 0 Å². The van der Waals surface area contributed by atoms with Crippen LogP contribution in [-0.2, 0) is 0 Å². The van der Waals surface area contributed by atoms with Crippen molar-refractivity contribution in [2.45, 2.75) is 38.4 Å². The zero-order valence-corrected chi connectivity index (χ0v) is 16.8. The smallest absolute Gasteiger partial charge is 0.268 e. The number of aromatic nitrogens is 4. The van der Waals surface area contributed by atoms with Crippen molar-refractivity contribution in [3.05, 3.63) is 64.6 Å². The number of nitriles is 1. The van der Waals surface area contributed by atoms with Crippen molar-refractivity contribution in [1.82, 2.24) is 18.9 Å². The number of aryl methyl sites for hydroxylation is 1. The molecule has 4 aromatic rings. The van der Waals surface area contributed by atoms with Crippen LogP contribution in [0.4, 0.5) is 8.78 Å². The number of imidazole rings is 1. The van der Waals surface area contributed by atoms with E-state index in [1.54, 1.807) is 30.0 Å². The van der Waals surface area contributed by atoms with Gasteiger partial charge in [0, 0.05) is 35.5 Å². The van der Waals surface area contributed by atoms with Crippen LogP contribution < -0.4 is 5.56 Å². The van der Waals surface area contributed by atoms with Crippen LogP contribution in [0.15, 0.2) is 41.7 Å². The molecular formula is C22H18BF2N5O. The van der Waals surface area contributed by atoms with Gasteiger partial charge in [-0.15, -0.1) is 0 Å². The molecule has 0 N–H and O–H groups in total. The van der Waals surface area contributed by atoms with E-state index in [-0.39, 0.29) is 40.4 Å². The number of pyridine rings is 1. The first-order valence-corrected chi connectivity index (χ1v) is 10.2. The minimum atomic E-state index is -0.662. The average Bonchev–Trinajstić information content (AvgIpc) is 3.15. The summed E-state index contributed by atoms with van der Waals surface area (Å²) in [6.45, 7) is 1.78. The number of halogens is 2. The summed E-state index contributed by atoms with van der Waals surface area (Å²) >= 11 is 0. The number of rotatable bonds is 2.